The molecular formula is C15H18BrN3O2. The van der Waals surface area contributed by atoms with Gasteiger partial charge < -0.3 is 15.6 Å². The summed E-state index contributed by atoms with van der Waals surface area (Å²) in [4.78, 5) is 26.6. The van der Waals surface area contributed by atoms with Crippen molar-refractivity contribution in [3.05, 3.63) is 44.7 Å². The molecular weight excluding hydrogens is 334 g/mol. The van der Waals surface area contributed by atoms with E-state index in [1.165, 1.54) is 6.07 Å². The lowest BCUT2D eigenvalue weighted by Gasteiger charge is -2.08. The Bertz CT molecular complexity index is 697. The van der Waals surface area contributed by atoms with E-state index in [1.807, 2.05) is 12.1 Å². The summed E-state index contributed by atoms with van der Waals surface area (Å²) in [5, 5.41) is 6.76. The maximum absolute atomic E-state index is 12.2. The highest BCUT2D eigenvalue weighted by molar-refractivity contribution is 9.10. The number of pyridine rings is 1. The van der Waals surface area contributed by atoms with Gasteiger partial charge in [-0.1, -0.05) is 22.9 Å². The Morgan fingerprint density at radius 1 is 1.24 bits per heavy atom. The first-order chi connectivity index (χ1) is 10.1. The van der Waals surface area contributed by atoms with Crippen molar-refractivity contribution < 1.29 is 4.79 Å². The van der Waals surface area contributed by atoms with Crippen LogP contribution in [0.1, 0.15) is 23.7 Å². The van der Waals surface area contributed by atoms with Gasteiger partial charge in [0.2, 0.25) is 5.56 Å². The zero-order chi connectivity index (χ0) is 15.2. The molecule has 1 aromatic carbocycles. The summed E-state index contributed by atoms with van der Waals surface area (Å²) < 4.78 is 0.862. The molecule has 6 heteroatoms. The first-order valence-electron chi connectivity index (χ1n) is 6.93. The maximum atomic E-state index is 12.2. The van der Waals surface area contributed by atoms with Crippen molar-refractivity contribution >= 4 is 32.7 Å². The van der Waals surface area contributed by atoms with Crippen molar-refractivity contribution in [2.45, 2.75) is 13.3 Å². The van der Waals surface area contributed by atoms with Crippen LogP contribution in [-0.4, -0.2) is 30.5 Å². The molecule has 0 aliphatic heterocycles. The number of carbonyl (C=O) groups is 1. The van der Waals surface area contributed by atoms with Gasteiger partial charge in [-0.05, 0) is 31.2 Å². The number of H-pyrrole nitrogens is 1. The second-order valence-corrected chi connectivity index (χ2v) is 5.66. The number of nitrogens with one attached hydrogen (secondary N) is 3. The van der Waals surface area contributed by atoms with Crippen LogP contribution in [0.4, 0.5) is 0 Å². The summed E-state index contributed by atoms with van der Waals surface area (Å²) in [5.41, 5.74) is 0.768. The molecule has 0 bridgehead atoms. The minimum absolute atomic E-state index is 0.234. The Labute approximate surface area is 131 Å². The van der Waals surface area contributed by atoms with Gasteiger partial charge in [-0.3, -0.25) is 9.59 Å². The standard InChI is InChI=1S/C15H18BrN3O2/c1-2-5-17-6-7-18-15(21)12-9-14(20)19-13-4-3-10(16)8-11(12)13/h3-4,8-9,17H,2,5-7H2,1H3,(H,18,21)(H,19,20). The van der Waals surface area contributed by atoms with Crippen LogP contribution in [0.25, 0.3) is 10.9 Å². The Balaban J connectivity index is 2.18. The summed E-state index contributed by atoms with van der Waals surface area (Å²) in [5.74, 6) is -0.234. The van der Waals surface area contributed by atoms with Crippen molar-refractivity contribution in [1.29, 1.82) is 0 Å². The van der Waals surface area contributed by atoms with Gasteiger partial charge in [0.25, 0.3) is 5.91 Å². The van der Waals surface area contributed by atoms with E-state index in [4.69, 9.17) is 0 Å². The average Bonchev–Trinajstić information content (AvgIpc) is 2.46. The average molecular weight is 352 g/mol. The molecule has 0 radical (unpaired) electrons. The molecule has 0 saturated carbocycles. The van der Waals surface area contributed by atoms with Crippen molar-refractivity contribution in [3.8, 4) is 0 Å². The van der Waals surface area contributed by atoms with E-state index in [-0.39, 0.29) is 11.5 Å². The van der Waals surface area contributed by atoms with Gasteiger partial charge in [0.15, 0.2) is 0 Å². The number of hydrogen-bond donors (Lipinski definition) is 3. The summed E-state index contributed by atoms with van der Waals surface area (Å²) in [6.07, 6.45) is 1.06. The number of fused-ring (bicyclic) bond motifs is 1. The first-order valence-corrected chi connectivity index (χ1v) is 7.72. The molecule has 112 valence electrons. The molecule has 0 aliphatic rings. The van der Waals surface area contributed by atoms with Gasteiger partial charge in [0.1, 0.15) is 0 Å². The van der Waals surface area contributed by atoms with Crippen LogP contribution in [0.15, 0.2) is 33.5 Å². The Morgan fingerprint density at radius 3 is 2.81 bits per heavy atom. The van der Waals surface area contributed by atoms with Gasteiger partial charge >= 0.3 is 0 Å². The number of benzene rings is 1. The van der Waals surface area contributed by atoms with Crippen LogP contribution in [0.5, 0.6) is 0 Å². The molecule has 0 aliphatic carbocycles. The number of hydrogen-bond acceptors (Lipinski definition) is 3. The van der Waals surface area contributed by atoms with E-state index >= 15 is 0 Å². The van der Waals surface area contributed by atoms with Crippen molar-refractivity contribution in [2.75, 3.05) is 19.6 Å². The van der Waals surface area contributed by atoms with Gasteiger partial charge in [0.05, 0.1) is 5.56 Å². The van der Waals surface area contributed by atoms with Gasteiger partial charge in [-0.25, -0.2) is 0 Å². The van der Waals surface area contributed by atoms with Crippen LogP contribution in [0.2, 0.25) is 0 Å². The molecule has 0 saturated heterocycles. The number of aromatic amines is 1. The van der Waals surface area contributed by atoms with Crippen molar-refractivity contribution in [2.24, 2.45) is 0 Å². The van der Waals surface area contributed by atoms with E-state index in [0.717, 1.165) is 22.8 Å². The second-order valence-electron chi connectivity index (χ2n) is 4.74. The van der Waals surface area contributed by atoms with E-state index in [0.29, 0.717) is 24.2 Å². The second kappa shape index (κ2) is 7.38. The number of rotatable bonds is 6. The number of amides is 1. The molecule has 1 aromatic heterocycles. The SMILES string of the molecule is CCCNCCNC(=O)c1cc(=O)[nH]c2ccc(Br)cc12. The Hall–Kier alpha value is -1.66. The molecule has 0 spiro atoms. The number of halogens is 1. The molecule has 0 unspecified atom stereocenters. The lowest BCUT2D eigenvalue weighted by atomic mass is 10.1. The molecule has 3 N–H and O–H groups in total. The summed E-state index contributed by atoms with van der Waals surface area (Å²) >= 11 is 3.38. The zero-order valence-electron chi connectivity index (χ0n) is 11.8. The maximum Gasteiger partial charge on any atom is 0.252 e. The minimum atomic E-state index is -0.279. The third-order valence-corrected chi connectivity index (χ3v) is 3.56. The molecule has 2 rings (SSSR count). The van der Waals surface area contributed by atoms with Crippen LogP contribution in [-0.2, 0) is 0 Å². The van der Waals surface area contributed by atoms with E-state index < -0.39 is 0 Å². The molecule has 21 heavy (non-hydrogen) atoms. The van der Waals surface area contributed by atoms with Crippen molar-refractivity contribution in [1.82, 2.24) is 15.6 Å². The van der Waals surface area contributed by atoms with E-state index in [2.05, 4.69) is 38.5 Å². The van der Waals surface area contributed by atoms with Crippen LogP contribution in [0.3, 0.4) is 0 Å². The molecule has 5 nitrogen and oxygen atoms in total. The third-order valence-electron chi connectivity index (χ3n) is 3.06. The number of aromatic nitrogens is 1. The van der Waals surface area contributed by atoms with E-state index in [9.17, 15) is 9.59 Å². The van der Waals surface area contributed by atoms with Crippen LogP contribution >= 0.6 is 15.9 Å². The molecule has 0 fully saturated rings. The highest BCUT2D eigenvalue weighted by Gasteiger charge is 2.11. The van der Waals surface area contributed by atoms with Gasteiger partial charge in [-0.15, -0.1) is 0 Å². The predicted molar refractivity (Wildman–Crippen MR) is 87.8 cm³/mol. The normalized spacial score (nSPS) is 10.8. The fourth-order valence-corrected chi connectivity index (χ4v) is 2.44. The first kappa shape index (κ1) is 15.7. The highest BCUT2D eigenvalue weighted by atomic mass is 79.9. The smallest absolute Gasteiger partial charge is 0.252 e. The lowest BCUT2D eigenvalue weighted by Crippen LogP contribution is -2.32. The van der Waals surface area contributed by atoms with Gasteiger partial charge in [0, 0.05) is 34.5 Å². The summed E-state index contributed by atoms with van der Waals surface area (Å²) in [6.45, 7) is 4.26. The van der Waals surface area contributed by atoms with Crippen LogP contribution < -0.4 is 16.2 Å². The fraction of sp³-hybridized carbons (Fsp3) is 0.333. The predicted octanol–water partition coefficient (Wildman–Crippen LogP) is 2.02. The number of carbonyl (C=O) groups excluding carboxylic acids is 1. The Kier molecular flexibility index (Phi) is 5.52. The lowest BCUT2D eigenvalue weighted by molar-refractivity contribution is 0.0955. The van der Waals surface area contributed by atoms with Crippen LogP contribution in [0, 0.1) is 0 Å². The third kappa shape index (κ3) is 4.15. The topological polar surface area (TPSA) is 74.0 Å². The monoisotopic (exact) mass is 351 g/mol. The fourth-order valence-electron chi connectivity index (χ4n) is 2.08. The highest BCUT2D eigenvalue weighted by Crippen LogP contribution is 2.20. The summed E-state index contributed by atoms with van der Waals surface area (Å²) in [6, 6.07) is 6.77. The largest absolute Gasteiger partial charge is 0.351 e. The molecule has 0 atom stereocenters. The van der Waals surface area contributed by atoms with E-state index in [1.54, 1.807) is 6.07 Å². The van der Waals surface area contributed by atoms with Gasteiger partial charge in [-0.2, -0.15) is 0 Å². The minimum Gasteiger partial charge on any atom is -0.351 e. The summed E-state index contributed by atoms with van der Waals surface area (Å²) in [7, 11) is 0. The molecule has 1 heterocycles. The molecule has 1 amide bonds. The molecule has 2 aromatic rings. The quantitative estimate of drug-likeness (QED) is 0.697. The van der Waals surface area contributed by atoms with Crippen molar-refractivity contribution in [3.63, 3.8) is 0 Å². The zero-order valence-corrected chi connectivity index (χ0v) is 13.4. The Morgan fingerprint density at radius 2 is 2.05 bits per heavy atom.